The Morgan fingerprint density at radius 2 is 2.11 bits per heavy atom. The van der Waals surface area contributed by atoms with Crippen LogP contribution in [0.15, 0.2) is 36.7 Å². The molecule has 1 aliphatic heterocycles. The summed E-state index contributed by atoms with van der Waals surface area (Å²) in [4.78, 5) is 4.96. The molecular formula is C22H31N5O. The Labute approximate surface area is 168 Å². The van der Waals surface area contributed by atoms with E-state index in [4.69, 9.17) is 10.00 Å². The van der Waals surface area contributed by atoms with Gasteiger partial charge in [-0.1, -0.05) is 6.92 Å². The quantitative estimate of drug-likeness (QED) is 0.703. The summed E-state index contributed by atoms with van der Waals surface area (Å²) in [7, 11) is 4.16. The molecule has 1 saturated heterocycles. The first kappa shape index (κ1) is 20.4. The Morgan fingerprint density at radius 1 is 1.32 bits per heavy atom. The maximum Gasteiger partial charge on any atom is 0.119 e. The molecule has 1 aromatic carbocycles. The molecular weight excluding hydrogens is 350 g/mol. The number of benzene rings is 1. The average molecular weight is 382 g/mol. The van der Waals surface area contributed by atoms with Gasteiger partial charge in [0.05, 0.1) is 17.8 Å². The zero-order valence-corrected chi connectivity index (χ0v) is 17.2. The monoisotopic (exact) mass is 381 g/mol. The number of ether oxygens (including phenoxy) is 1. The van der Waals surface area contributed by atoms with E-state index < -0.39 is 0 Å². The summed E-state index contributed by atoms with van der Waals surface area (Å²) in [6, 6.07) is 9.86. The first-order chi connectivity index (χ1) is 13.6. The first-order valence-electron chi connectivity index (χ1n) is 10.1. The fraction of sp³-hybridized carbons (Fsp3) is 0.545. The summed E-state index contributed by atoms with van der Waals surface area (Å²) in [6.07, 6.45) is 6.70. The Hall–Kier alpha value is -2.36. The highest BCUT2D eigenvalue weighted by Crippen LogP contribution is 2.36. The molecule has 150 valence electrons. The highest BCUT2D eigenvalue weighted by molar-refractivity contribution is 5.34. The fourth-order valence-corrected chi connectivity index (χ4v) is 4.21. The van der Waals surface area contributed by atoms with Gasteiger partial charge in [-0.3, -0.25) is 9.58 Å². The molecule has 1 aromatic heterocycles. The van der Waals surface area contributed by atoms with Gasteiger partial charge in [0.15, 0.2) is 0 Å². The van der Waals surface area contributed by atoms with Gasteiger partial charge in [0.1, 0.15) is 12.4 Å². The van der Waals surface area contributed by atoms with Crippen LogP contribution in [0, 0.1) is 17.2 Å². The van der Waals surface area contributed by atoms with E-state index in [1.54, 1.807) is 12.1 Å². The van der Waals surface area contributed by atoms with E-state index in [0.29, 0.717) is 24.1 Å². The third-order valence-corrected chi connectivity index (χ3v) is 5.60. The molecule has 2 aromatic rings. The van der Waals surface area contributed by atoms with Gasteiger partial charge in [-0.25, -0.2) is 0 Å². The van der Waals surface area contributed by atoms with E-state index in [-0.39, 0.29) is 0 Å². The van der Waals surface area contributed by atoms with Gasteiger partial charge in [-0.05, 0) is 63.2 Å². The molecule has 0 radical (unpaired) electrons. The molecule has 0 aliphatic carbocycles. The van der Waals surface area contributed by atoms with Crippen LogP contribution in [0.1, 0.15) is 36.9 Å². The number of nitrogens with zero attached hydrogens (tertiary/aromatic N) is 5. The maximum atomic E-state index is 8.87. The van der Waals surface area contributed by atoms with Crippen LogP contribution < -0.4 is 4.74 Å². The van der Waals surface area contributed by atoms with E-state index >= 15 is 0 Å². The second kappa shape index (κ2) is 9.72. The van der Waals surface area contributed by atoms with Crippen LogP contribution in [0.3, 0.4) is 0 Å². The Bertz CT molecular complexity index is 779. The van der Waals surface area contributed by atoms with Crippen LogP contribution in [0.5, 0.6) is 5.75 Å². The molecule has 6 heteroatoms. The van der Waals surface area contributed by atoms with E-state index in [1.807, 2.05) is 30.1 Å². The average Bonchev–Trinajstić information content (AvgIpc) is 3.14. The Kier molecular flexibility index (Phi) is 7.07. The molecule has 0 saturated carbocycles. The van der Waals surface area contributed by atoms with Gasteiger partial charge >= 0.3 is 0 Å². The van der Waals surface area contributed by atoms with Crippen molar-refractivity contribution in [2.75, 3.05) is 39.8 Å². The largest absolute Gasteiger partial charge is 0.492 e. The normalized spacial score (nSPS) is 20.2. The molecule has 1 aliphatic rings. The van der Waals surface area contributed by atoms with Crippen molar-refractivity contribution in [3.8, 4) is 11.8 Å². The first-order valence-corrected chi connectivity index (χ1v) is 10.1. The molecule has 2 atom stereocenters. The highest BCUT2D eigenvalue weighted by atomic mass is 16.5. The zero-order chi connectivity index (χ0) is 19.9. The standard InChI is InChI=1S/C22H31N5O/c1-4-27-11-5-6-19(22(27)20-15-24-26(3)17-20)16-25(2)12-13-28-21-9-7-18(14-23)8-10-21/h7-10,15,17,19,22H,4-6,11-13,16H2,1-3H3/t19-,22+/m0/s1. The van der Waals surface area contributed by atoms with Gasteiger partial charge in [-0.15, -0.1) is 0 Å². The van der Waals surface area contributed by atoms with E-state index in [2.05, 4.69) is 41.1 Å². The third kappa shape index (κ3) is 5.12. The minimum atomic E-state index is 0.439. The summed E-state index contributed by atoms with van der Waals surface area (Å²) in [6.45, 7) is 7.06. The van der Waals surface area contributed by atoms with E-state index in [1.165, 1.54) is 18.4 Å². The lowest BCUT2D eigenvalue weighted by Crippen LogP contribution is -2.43. The van der Waals surface area contributed by atoms with Crippen molar-refractivity contribution in [1.82, 2.24) is 19.6 Å². The van der Waals surface area contributed by atoms with Crippen molar-refractivity contribution < 1.29 is 4.74 Å². The molecule has 28 heavy (non-hydrogen) atoms. The van der Waals surface area contributed by atoms with Crippen LogP contribution in [-0.4, -0.2) is 59.4 Å². The van der Waals surface area contributed by atoms with Crippen LogP contribution >= 0.6 is 0 Å². The van der Waals surface area contributed by atoms with E-state index in [0.717, 1.165) is 31.9 Å². The highest BCUT2D eigenvalue weighted by Gasteiger charge is 2.33. The minimum absolute atomic E-state index is 0.439. The lowest BCUT2D eigenvalue weighted by atomic mass is 9.85. The number of piperidine rings is 1. The van der Waals surface area contributed by atoms with Crippen molar-refractivity contribution in [3.63, 3.8) is 0 Å². The topological polar surface area (TPSA) is 57.3 Å². The SMILES string of the molecule is CCN1CCC[C@@H](CN(C)CCOc2ccc(C#N)cc2)[C@@H]1c1cnn(C)c1. The Morgan fingerprint density at radius 3 is 2.75 bits per heavy atom. The molecule has 0 spiro atoms. The van der Waals surface area contributed by atoms with Crippen molar-refractivity contribution >= 4 is 0 Å². The number of aromatic nitrogens is 2. The minimum Gasteiger partial charge on any atom is -0.492 e. The van der Waals surface area contributed by atoms with Gasteiger partial charge in [0.2, 0.25) is 0 Å². The predicted molar refractivity (Wildman–Crippen MR) is 110 cm³/mol. The molecule has 0 unspecified atom stereocenters. The zero-order valence-electron chi connectivity index (χ0n) is 17.2. The lowest BCUT2D eigenvalue weighted by Gasteiger charge is -2.42. The van der Waals surface area contributed by atoms with Crippen molar-refractivity contribution in [3.05, 3.63) is 47.8 Å². The number of rotatable bonds is 8. The number of nitriles is 1. The van der Waals surface area contributed by atoms with Crippen LogP contribution in [0.2, 0.25) is 0 Å². The summed E-state index contributed by atoms with van der Waals surface area (Å²) in [5.41, 5.74) is 1.99. The number of likely N-dealkylation sites (tertiary alicyclic amines) is 1. The predicted octanol–water partition coefficient (Wildman–Crippen LogP) is 3.08. The smallest absolute Gasteiger partial charge is 0.119 e. The molecule has 0 N–H and O–H groups in total. The van der Waals surface area contributed by atoms with Gasteiger partial charge in [0.25, 0.3) is 0 Å². The molecule has 3 rings (SSSR count). The van der Waals surface area contributed by atoms with E-state index in [9.17, 15) is 0 Å². The van der Waals surface area contributed by atoms with Gasteiger partial charge in [-0.2, -0.15) is 10.4 Å². The van der Waals surface area contributed by atoms with Gasteiger partial charge < -0.3 is 9.64 Å². The second-order valence-electron chi connectivity index (χ2n) is 7.67. The van der Waals surface area contributed by atoms with Crippen LogP contribution in [0.25, 0.3) is 0 Å². The number of hydrogen-bond acceptors (Lipinski definition) is 5. The molecule has 0 bridgehead atoms. The summed E-state index contributed by atoms with van der Waals surface area (Å²) >= 11 is 0. The van der Waals surface area contributed by atoms with Gasteiger partial charge in [0, 0.05) is 37.9 Å². The molecule has 0 amide bonds. The Balaban J connectivity index is 1.54. The summed E-state index contributed by atoms with van der Waals surface area (Å²) in [5, 5.41) is 13.3. The molecule has 6 nitrogen and oxygen atoms in total. The third-order valence-electron chi connectivity index (χ3n) is 5.60. The second-order valence-corrected chi connectivity index (χ2v) is 7.67. The van der Waals surface area contributed by atoms with Crippen LogP contribution in [-0.2, 0) is 7.05 Å². The van der Waals surface area contributed by atoms with Crippen molar-refractivity contribution in [2.24, 2.45) is 13.0 Å². The van der Waals surface area contributed by atoms with Crippen molar-refractivity contribution in [2.45, 2.75) is 25.8 Å². The number of aryl methyl sites for hydroxylation is 1. The maximum absolute atomic E-state index is 8.87. The number of hydrogen-bond donors (Lipinski definition) is 0. The fourth-order valence-electron chi connectivity index (χ4n) is 4.21. The molecule has 1 fully saturated rings. The lowest BCUT2D eigenvalue weighted by molar-refractivity contribution is 0.0733. The summed E-state index contributed by atoms with van der Waals surface area (Å²) < 4.78 is 7.75. The number of likely N-dealkylation sites (N-methyl/N-ethyl adjacent to an activating group) is 1. The van der Waals surface area contributed by atoms with Crippen molar-refractivity contribution in [1.29, 1.82) is 5.26 Å². The van der Waals surface area contributed by atoms with Crippen LogP contribution in [0.4, 0.5) is 0 Å². The molecule has 2 heterocycles. The summed E-state index contributed by atoms with van der Waals surface area (Å²) in [5.74, 6) is 1.41.